The minimum Gasteiger partial charge on any atom is -0.343 e. The Morgan fingerprint density at radius 2 is 2.06 bits per heavy atom. The third-order valence-electron chi connectivity index (χ3n) is 3.53. The number of hydrogen-bond donors (Lipinski definition) is 1. The van der Waals surface area contributed by atoms with E-state index in [-0.39, 0.29) is 0 Å². The van der Waals surface area contributed by atoms with Gasteiger partial charge in [-0.15, -0.1) is 0 Å². The molecule has 1 rings (SSSR count). The molecule has 1 aliphatic rings. The molecule has 1 saturated carbocycles. The van der Waals surface area contributed by atoms with Crippen molar-refractivity contribution in [3.63, 3.8) is 0 Å². The van der Waals surface area contributed by atoms with Crippen LogP contribution in [0.4, 0.5) is 0 Å². The molecule has 0 saturated heterocycles. The predicted octanol–water partition coefficient (Wildman–Crippen LogP) is 2.15. The second kappa shape index (κ2) is 7.66. The predicted molar refractivity (Wildman–Crippen MR) is 67.1 cm³/mol. The molecule has 3 nitrogen and oxygen atoms in total. The zero-order chi connectivity index (χ0) is 11.8. The van der Waals surface area contributed by atoms with Gasteiger partial charge in [-0.05, 0) is 45.1 Å². The fourth-order valence-corrected chi connectivity index (χ4v) is 2.15. The normalized spacial score (nSPS) is 15.9. The number of amides is 1. The Kier molecular flexibility index (Phi) is 6.46. The first-order valence-corrected chi connectivity index (χ1v) is 6.75. The lowest BCUT2D eigenvalue weighted by molar-refractivity contribution is -0.132. The molecule has 0 aromatic rings. The standard InChI is InChI=1S/C13H26N2O/c1-2-15(11-12-7-6-8-12)13(16)9-4-3-5-10-14/h12H,2-11,14H2,1H3. The van der Waals surface area contributed by atoms with Crippen molar-refractivity contribution < 1.29 is 4.79 Å². The van der Waals surface area contributed by atoms with Crippen molar-refractivity contribution >= 4 is 5.91 Å². The molecule has 0 heterocycles. The summed E-state index contributed by atoms with van der Waals surface area (Å²) in [7, 11) is 0. The zero-order valence-electron chi connectivity index (χ0n) is 10.6. The maximum Gasteiger partial charge on any atom is 0.222 e. The van der Waals surface area contributed by atoms with Crippen molar-refractivity contribution in [1.82, 2.24) is 4.90 Å². The van der Waals surface area contributed by atoms with Crippen LogP contribution in [-0.4, -0.2) is 30.4 Å². The van der Waals surface area contributed by atoms with Gasteiger partial charge in [0.1, 0.15) is 0 Å². The molecule has 0 unspecified atom stereocenters. The molecule has 94 valence electrons. The van der Waals surface area contributed by atoms with Crippen LogP contribution in [0, 0.1) is 5.92 Å². The molecule has 0 aromatic heterocycles. The summed E-state index contributed by atoms with van der Waals surface area (Å²) >= 11 is 0. The minimum atomic E-state index is 0.339. The summed E-state index contributed by atoms with van der Waals surface area (Å²) in [6.45, 7) is 4.68. The van der Waals surface area contributed by atoms with Crippen LogP contribution in [0.15, 0.2) is 0 Å². The summed E-state index contributed by atoms with van der Waals surface area (Å²) in [6.07, 6.45) is 7.82. The summed E-state index contributed by atoms with van der Waals surface area (Å²) in [6, 6.07) is 0. The number of rotatable bonds is 8. The van der Waals surface area contributed by atoms with Gasteiger partial charge in [0.15, 0.2) is 0 Å². The fourth-order valence-electron chi connectivity index (χ4n) is 2.15. The topological polar surface area (TPSA) is 46.3 Å². The first-order valence-electron chi connectivity index (χ1n) is 6.75. The summed E-state index contributed by atoms with van der Waals surface area (Å²) in [5.74, 6) is 1.12. The molecule has 0 aliphatic heterocycles. The maximum atomic E-state index is 11.9. The molecule has 2 N–H and O–H groups in total. The fraction of sp³-hybridized carbons (Fsp3) is 0.923. The lowest BCUT2D eigenvalue weighted by Crippen LogP contribution is -2.37. The summed E-state index contributed by atoms with van der Waals surface area (Å²) < 4.78 is 0. The summed E-state index contributed by atoms with van der Waals surface area (Å²) in [4.78, 5) is 13.9. The van der Waals surface area contributed by atoms with Crippen molar-refractivity contribution in [2.24, 2.45) is 11.7 Å². The average Bonchev–Trinajstić information content (AvgIpc) is 2.23. The highest BCUT2D eigenvalue weighted by Crippen LogP contribution is 2.27. The number of nitrogens with zero attached hydrogens (tertiary/aromatic N) is 1. The highest BCUT2D eigenvalue weighted by atomic mass is 16.2. The van der Waals surface area contributed by atoms with Gasteiger partial charge >= 0.3 is 0 Å². The molecule has 0 bridgehead atoms. The number of unbranched alkanes of at least 4 members (excludes halogenated alkanes) is 2. The lowest BCUT2D eigenvalue weighted by atomic mass is 9.85. The van der Waals surface area contributed by atoms with Crippen LogP contribution in [0.25, 0.3) is 0 Å². The van der Waals surface area contributed by atoms with Crippen molar-refractivity contribution in [3.05, 3.63) is 0 Å². The molecule has 3 heteroatoms. The molecule has 1 aliphatic carbocycles. The van der Waals surface area contributed by atoms with Crippen molar-refractivity contribution in [2.75, 3.05) is 19.6 Å². The lowest BCUT2D eigenvalue weighted by Gasteiger charge is -2.31. The Morgan fingerprint density at radius 1 is 1.31 bits per heavy atom. The molecule has 1 fully saturated rings. The molecular weight excluding hydrogens is 200 g/mol. The van der Waals surface area contributed by atoms with E-state index in [0.29, 0.717) is 12.3 Å². The van der Waals surface area contributed by atoms with Gasteiger partial charge < -0.3 is 10.6 Å². The van der Waals surface area contributed by atoms with Crippen LogP contribution < -0.4 is 5.73 Å². The third kappa shape index (κ3) is 4.52. The monoisotopic (exact) mass is 226 g/mol. The van der Waals surface area contributed by atoms with Crippen LogP contribution in [-0.2, 0) is 4.79 Å². The Labute approximate surface area is 99.4 Å². The SMILES string of the molecule is CCN(CC1CCC1)C(=O)CCCCCN. The van der Waals surface area contributed by atoms with Gasteiger partial charge in [-0.25, -0.2) is 0 Å². The van der Waals surface area contributed by atoms with Crippen LogP contribution in [0.2, 0.25) is 0 Å². The van der Waals surface area contributed by atoms with Crippen LogP contribution in [0.1, 0.15) is 51.9 Å². The van der Waals surface area contributed by atoms with E-state index in [9.17, 15) is 4.79 Å². The van der Waals surface area contributed by atoms with E-state index in [1.54, 1.807) is 0 Å². The maximum absolute atomic E-state index is 11.9. The van der Waals surface area contributed by atoms with Crippen molar-refractivity contribution in [1.29, 1.82) is 0 Å². The van der Waals surface area contributed by atoms with Gasteiger partial charge in [-0.3, -0.25) is 4.79 Å². The minimum absolute atomic E-state index is 0.339. The van der Waals surface area contributed by atoms with Crippen LogP contribution in [0.5, 0.6) is 0 Å². The van der Waals surface area contributed by atoms with Gasteiger partial charge in [0.2, 0.25) is 5.91 Å². The zero-order valence-corrected chi connectivity index (χ0v) is 10.6. The Balaban J connectivity index is 2.14. The summed E-state index contributed by atoms with van der Waals surface area (Å²) in [5, 5.41) is 0. The smallest absolute Gasteiger partial charge is 0.222 e. The van der Waals surface area contributed by atoms with Gasteiger partial charge in [-0.2, -0.15) is 0 Å². The average molecular weight is 226 g/mol. The Hall–Kier alpha value is -0.570. The van der Waals surface area contributed by atoms with E-state index in [2.05, 4.69) is 6.92 Å². The quantitative estimate of drug-likeness (QED) is 0.645. The molecule has 0 aromatic carbocycles. The molecule has 0 radical (unpaired) electrons. The van der Waals surface area contributed by atoms with E-state index in [4.69, 9.17) is 5.73 Å². The molecule has 1 amide bonds. The van der Waals surface area contributed by atoms with E-state index < -0.39 is 0 Å². The second-order valence-electron chi connectivity index (χ2n) is 4.83. The highest BCUT2D eigenvalue weighted by molar-refractivity contribution is 5.76. The van der Waals surface area contributed by atoms with E-state index in [0.717, 1.165) is 44.8 Å². The van der Waals surface area contributed by atoms with E-state index in [1.807, 2.05) is 4.90 Å². The van der Waals surface area contributed by atoms with Crippen molar-refractivity contribution in [2.45, 2.75) is 51.9 Å². The number of carbonyl (C=O) groups is 1. The van der Waals surface area contributed by atoms with E-state index in [1.165, 1.54) is 19.3 Å². The molecule has 16 heavy (non-hydrogen) atoms. The number of carbonyl (C=O) groups excluding carboxylic acids is 1. The highest BCUT2D eigenvalue weighted by Gasteiger charge is 2.22. The number of hydrogen-bond acceptors (Lipinski definition) is 2. The Bertz CT molecular complexity index is 202. The molecular formula is C13H26N2O. The molecule has 0 atom stereocenters. The van der Waals surface area contributed by atoms with Crippen LogP contribution >= 0.6 is 0 Å². The first kappa shape index (κ1) is 13.5. The van der Waals surface area contributed by atoms with Gasteiger partial charge in [0, 0.05) is 19.5 Å². The Morgan fingerprint density at radius 3 is 2.56 bits per heavy atom. The largest absolute Gasteiger partial charge is 0.343 e. The molecule has 0 spiro atoms. The number of nitrogens with two attached hydrogens (primary N) is 1. The van der Waals surface area contributed by atoms with Gasteiger partial charge in [0.05, 0.1) is 0 Å². The van der Waals surface area contributed by atoms with Gasteiger partial charge in [-0.1, -0.05) is 12.8 Å². The van der Waals surface area contributed by atoms with Crippen molar-refractivity contribution in [3.8, 4) is 0 Å². The van der Waals surface area contributed by atoms with E-state index >= 15 is 0 Å². The third-order valence-corrected chi connectivity index (χ3v) is 3.53. The second-order valence-corrected chi connectivity index (χ2v) is 4.83. The van der Waals surface area contributed by atoms with Gasteiger partial charge in [0.25, 0.3) is 0 Å². The first-order chi connectivity index (χ1) is 7.77. The summed E-state index contributed by atoms with van der Waals surface area (Å²) in [5.41, 5.74) is 5.43. The van der Waals surface area contributed by atoms with Crippen LogP contribution in [0.3, 0.4) is 0 Å².